The molecule has 0 bridgehead atoms. The van der Waals surface area contributed by atoms with Crippen molar-refractivity contribution in [2.24, 2.45) is 0 Å². The van der Waals surface area contributed by atoms with Crippen molar-refractivity contribution in [2.75, 3.05) is 0 Å². The molecule has 0 saturated heterocycles. The lowest BCUT2D eigenvalue weighted by atomic mass is 9.84. The number of nitrogens with zero attached hydrogens (tertiary/aromatic N) is 4. The Labute approximate surface area is 260 Å². The minimum atomic E-state index is -0.540. The van der Waals surface area contributed by atoms with Gasteiger partial charge >= 0.3 is 5.66 Å². The van der Waals surface area contributed by atoms with Crippen LogP contribution in [-0.4, -0.2) is 9.25 Å². The van der Waals surface area contributed by atoms with Gasteiger partial charge in [-0.25, -0.2) is 0 Å². The molecule has 0 fully saturated rings. The summed E-state index contributed by atoms with van der Waals surface area (Å²) < 4.78 is 10.1. The Morgan fingerprint density at radius 2 is 1.44 bits per heavy atom. The Bertz CT molecular complexity index is 2620. The second-order valence-corrected chi connectivity index (χ2v) is 12.7. The van der Waals surface area contributed by atoms with Crippen LogP contribution in [0.15, 0.2) is 134 Å². The molecule has 0 N–H and O–H groups in total. The van der Waals surface area contributed by atoms with Crippen LogP contribution in [0, 0.1) is 13.8 Å². The minimum Gasteiger partial charge on any atom is -0.307 e. The lowest BCUT2D eigenvalue weighted by Crippen LogP contribution is -2.74. The first-order valence-corrected chi connectivity index (χ1v) is 15.7. The summed E-state index contributed by atoms with van der Waals surface area (Å²) in [6.45, 7) is 4.55. The molecule has 4 heteroatoms. The average Bonchev–Trinajstić information content (AvgIpc) is 3.78. The van der Waals surface area contributed by atoms with Gasteiger partial charge in [0.05, 0.1) is 34.0 Å². The van der Waals surface area contributed by atoms with E-state index >= 15 is 0 Å². The third-order valence-corrected chi connectivity index (χ3v) is 10.6. The van der Waals surface area contributed by atoms with Gasteiger partial charge in [0.15, 0.2) is 11.8 Å². The van der Waals surface area contributed by atoms with E-state index in [1.165, 1.54) is 89.1 Å². The van der Waals surface area contributed by atoms with Gasteiger partial charge < -0.3 is 4.57 Å². The van der Waals surface area contributed by atoms with E-state index in [0.29, 0.717) is 0 Å². The van der Waals surface area contributed by atoms with E-state index in [9.17, 15) is 0 Å². The summed E-state index contributed by atoms with van der Waals surface area (Å²) in [5, 5.41) is 2.61. The standard InChI is InChI=1S/C41H28N4/c1-25-23-28(27-11-4-3-5-12-27)18-19-29(25)33-24-43-36-21-20-31-30-13-6-7-16-35(30)44-37-17-10-14-32-34-15-8-9-22-42(34)41(38(32)37,39(36)40(31)44)45(43)26(33)2/h3-24H,1-2H3/q+2. The van der Waals surface area contributed by atoms with Crippen LogP contribution in [0.1, 0.15) is 22.4 Å². The fraction of sp³-hybridized carbons (Fsp3) is 0.0732. The molecule has 5 aromatic carbocycles. The smallest absolute Gasteiger partial charge is 0.307 e. The molecular formula is C41H28N4+2. The quantitative estimate of drug-likeness (QED) is 0.186. The second-order valence-electron chi connectivity index (χ2n) is 12.7. The molecule has 1 unspecified atom stereocenters. The lowest BCUT2D eigenvalue weighted by molar-refractivity contribution is -0.989. The molecule has 0 amide bonds. The van der Waals surface area contributed by atoms with Gasteiger partial charge in [0, 0.05) is 29.8 Å². The van der Waals surface area contributed by atoms with Crippen LogP contribution >= 0.6 is 0 Å². The van der Waals surface area contributed by atoms with E-state index in [1.54, 1.807) is 0 Å². The molecule has 8 aromatic rings. The topological polar surface area (TPSA) is 17.6 Å². The maximum absolute atomic E-state index is 2.58. The molecule has 3 aliphatic heterocycles. The molecule has 45 heavy (non-hydrogen) atoms. The molecule has 0 radical (unpaired) electrons. The van der Waals surface area contributed by atoms with Gasteiger partial charge in [0.2, 0.25) is 11.4 Å². The first-order chi connectivity index (χ1) is 22.2. The molecule has 0 aliphatic carbocycles. The van der Waals surface area contributed by atoms with Crippen LogP contribution in [0.25, 0.3) is 66.7 Å². The number of rotatable bonds is 2. The molecule has 3 aromatic heterocycles. The number of aromatic nitrogens is 4. The van der Waals surface area contributed by atoms with E-state index in [2.05, 4.69) is 166 Å². The first kappa shape index (κ1) is 23.7. The van der Waals surface area contributed by atoms with Gasteiger partial charge in [-0.15, -0.1) is 9.25 Å². The maximum Gasteiger partial charge on any atom is 0.444 e. The number of pyridine rings is 1. The number of hydrogen-bond acceptors (Lipinski definition) is 0. The zero-order valence-corrected chi connectivity index (χ0v) is 25.0. The number of hydrogen-bond donors (Lipinski definition) is 0. The molecule has 6 heterocycles. The van der Waals surface area contributed by atoms with Crippen molar-refractivity contribution in [1.82, 2.24) is 9.25 Å². The number of para-hydroxylation sites is 1. The van der Waals surface area contributed by atoms with Crippen molar-refractivity contribution in [1.29, 1.82) is 0 Å². The SMILES string of the molecule is Cc1cc(-c2ccccc2)ccc1-c1cn2[n+](c1C)C13c4c(cccc4-n4c5ccccc5c5ccc-2c1c54)-c1cccc[n+]13. The van der Waals surface area contributed by atoms with Crippen molar-refractivity contribution >= 4 is 21.8 Å². The highest BCUT2D eigenvalue weighted by Gasteiger charge is 2.72. The summed E-state index contributed by atoms with van der Waals surface area (Å²) in [5.74, 6) is 0. The minimum absolute atomic E-state index is 0.540. The molecule has 1 spiro atoms. The first-order valence-electron chi connectivity index (χ1n) is 15.7. The molecule has 210 valence electrons. The van der Waals surface area contributed by atoms with Crippen molar-refractivity contribution in [3.05, 3.63) is 156 Å². The summed E-state index contributed by atoms with van der Waals surface area (Å²) in [7, 11) is 0. The molecule has 0 saturated carbocycles. The van der Waals surface area contributed by atoms with Crippen molar-refractivity contribution in [2.45, 2.75) is 19.5 Å². The van der Waals surface area contributed by atoms with Crippen LogP contribution < -0.4 is 9.25 Å². The van der Waals surface area contributed by atoms with Gasteiger partial charge in [-0.2, -0.15) is 0 Å². The van der Waals surface area contributed by atoms with Crippen LogP contribution in [-0.2, 0) is 5.66 Å². The van der Waals surface area contributed by atoms with Gasteiger partial charge in [0.1, 0.15) is 11.3 Å². The zero-order valence-electron chi connectivity index (χ0n) is 25.0. The lowest BCUT2D eigenvalue weighted by Gasteiger charge is -2.25. The molecular weight excluding hydrogens is 548 g/mol. The van der Waals surface area contributed by atoms with E-state index in [-0.39, 0.29) is 0 Å². The Morgan fingerprint density at radius 1 is 0.600 bits per heavy atom. The van der Waals surface area contributed by atoms with Gasteiger partial charge in [-0.1, -0.05) is 72.8 Å². The van der Waals surface area contributed by atoms with Gasteiger partial charge in [-0.3, -0.25) is 0 Å². The normalized spacial score (nSPS) is 16.3. The van der Waals surface area contributed by atoms with Crippen LogP contribution in [0.2, 0.25) is 0 Å². The van der Waals surface area contributed by atoms with Crippen LogP contribution in [0.4, 0.5) is 0 Å². The predicted octanol–water partition coefficient (Wildman–Crippen LogP) is 8.01. The highest BCUT2D eigenvalue weighted by Crippen LogP contribution is 2.55. The van der Waals surface area contributed by atoms with E-state index in [1.807, 2.05) is 0 Å². The number of benzene rings is 5. The average molecular weight is 577 g/mol. The van der Waals surface area contributed by atoms with Crippen LogP contribution in [0.3, 0.4) is 0 Å². The van der Waals surface area contributed by atoms with Crippen molar-refractivity contribution in [3.8, 4) is 44.9 Å². The fourth-order valence-corrected chi connectivity index (χ4v) is 8.93. The Balaban J connectivity index is 1.28. The largest absolute Gasteiger partial charge is 0.444 e. The van der Waals surface area contributed by atoms with Crippen molar-refractivity contribution < 1.29 is 9.25 Å². The maximum atomic E-state index is 2.58. The second kappa shape index (κ2) is 7.85. The summed E-state index contributed by atoms with van der Waals surface area (Å²) in [4.78, 5) is 0. The summed E-state index contributed by atoms with van der Waals surface area (Å²) in [5.41, 5.74) is 17.4. The van der Waals surface area contributed by atoms with E-state index < -0.39 is 5.66 Å². The van der Waals surface area contributed by atoms with Gasteiger partial charge in [-0.05, 0) is 70.3 Å². The zero-order chi connectivity index (χ0) is 29.6. The van der Waals surface area contributed by atoms with Gasteiger partial charge in [0.25, 0.3) is 0 Å². The Kier molecular flexibility index (Phi) is 4.13. The van der Waals surface area contributed by atoms with Crippen molar-refractivity contribution in [3.63, 3.8) is 0 Å². The van der Waals surface area contributed by atoms with E-state index in [0.717, 1.165) is 0 Å². The molecule has 1 atom stereocenters. The molecule has 4 nitrogen and oxygen atoms in total. The molecule has 3 aliphatic rings. The third kappa shape index (κ3) is 2.56. The summed E-state index contributed by atoms with van der Waals surface area (Å²) >= 11 is 0. The monoisotopic (exact) mass is 576 g/mol. The Hall–Kier alpha value is -5.74. The fourth-order valence-electron chi connectivity index (χ4n) is 8.93. The number of aryl methyl sites for hydroxylation is 1. The highest BCUT2D eigenvalue weighted by atomic mass is 15.5. The molecule has 11 rings (SSSR count). The van der Waals surface area contributed by atoms with Crippen LogP contribution in [0.5, 0.6) is 0 Å². The highest BCUT2D eigenvalue weighted by molar-refractivity contribution is 6.12. The predicted molar refractivity (Wildman–Crippen MR) is 178 cm³/mol. The summed E-state index contributed by atoms with van der Waals surface area (Å²) in [6, 6.07) is 44.7. The summed E-state index contributed by atoms with van der Waals surface area (Å²) in [6.07, 6.45) is 4.66. The number of fused-ring (bicyclic) bond motifs is 8. The third-order valence-electron chi connectivity index (χ3n) is 10.6. The Morgan fingerprint density at radius 3 is 2.33 bits per heavy atom. The van der Waals surface area contributed by atoms with E-state index in [4.69, 9.17) is 0 Å².